The van der Waals surface area contributed by atoms with E-state index in [1.54, 1.807) is 0 Å². The Kier molecular flexibility index (Phi) is 3.08. The Hall–Kier alpha value is -2.83. The zero-order valence-electron chi connectivity index (χ0n) is 10.4. The van der Waals surface area contributed by atoms with Gasteiger partial charge < -0.3 is 19.9 Å². The summed E-state index contributed by atoms with van der Waals surface area (Å²) in [5, 5.41) is 11.9. The van der Waals surface area contributed by atoms with Crippen molar-refractivity contribution in [2.24, 2.45) is 0 Å². The number of carboxylic acids is 1. The van der Waals surface area contributed by atoms with Crippen molar-refractivity contribution < 1.29 is 19.4 Å². The fourth-order valence-corrected chi connectivity index (χ4v) is 1.80. The van der Waals surface area contributed by atoms with Gasteiger partial charge in [0.05, 0.1) is 12.4 Å². The highest BCUT2D eigenvalue weighted by atomic mass is 16.7. The number of carbonyl (C=O) groups is 1. The molecule has 1 aromatic heterocycles. The molecule has 0 spiro atoms. The number of rotatable bonds is 4. The van der Waals surface area contributed by atoms with E-state index in [9.17, 15) is 4.79 Å². The lowest BCUT2D eigenvalue weighted by Crippen LogP contribution is -2.06. The minimum Gasteiger partial charge on any atom is -0.476 e. The van der Waals surface area contributed by atoms with Crippen molar-refractivity contribution in [1.29, 1.82) is 0 Å². The van der Waals surface area contributed by atoms with E-state index in [0.29, 0.717) is 18.1 Å². The number of aromatic nitrogens is 2. The molecule has 2 N–H and O–H groups in total. The fourth-order valence-electron chi connectivity index (χ4n) is 1.80. The largest absolute Gasteiger partial charge is 0.476 e. The Morgan fingerprint density at radius 2 is 2.15 bits per heavy atom. The Morgan fingerprint density at radius 3 is 3.00 bits per heavy atom. The number of benzene rings is 1. The molecule has 0 atom stereocenters. The smallest absolute Gasteiger partial charge is 0.356 e. The van der Waals surface area contributed by atoms with Crippen LogP contribution in [0.25, 0.3) is 0 Å². The van der Waals surface area contributed by atoms with Gasteiger partial charge in [0, 0.05) is 6.54 Å². The van der Waals surface area contributed by atoms with Crippen LogP contribution >= 0.6 is 0 Å². The van der Waals surface area contributed by atoms with Gasteiger partial charge in [-0.1, -0.05) is 6.07 Å². The first-order valence-electron chi connectivity index (χ1n) is 5.90. The number of carboxylic acid groups (broad SMARTS) is 1. The van der Waals surface area contributed by atoms with E-state index in [2.05, 4.69) is 15.3 Å². The second kappa shape index (κ2) is 5.04. The van der Waals surface area contributed by atoms with Gasteiger partial charge in [-0.2, -0.15) is 0 Å². The quantitative estimate of drug-likeness (QED) is 0.872. The first-order chi connectivity index (χ1) is 9.72. The van der Waals surface area contributed by atoms with Crippen LogP contribution < -0.4 is 14.8 Å². The van der Waals surface area contributed by atoms with Crippen molar-refractivity contribution >= 4 is 11.8 Å². The molecule has 0 saturated carbocycles. The summed E-state index contributed by atoms with van der Waals surface area (Å²) in [6.07, 6.45) is 2.67. The number of anilines is 1. The van der Waals surface area contributed by atoms with Crippen LogP contribution in [0.15, 0.2) is 30.6 Å². The summed E-state index contributed by atoms with van der Waals surface area (Å²) in [5.41, 5.74) is 0.873. The molecule has 102 valence electrons. The highest BCUT2D eigenvalue weighted by Crippen LogP contribution is 2.32. The summed E-state index contributed by atoms with van der Waals surface area (Å²) in [4.78, 5) is 18.6. The summed E-state index contributed by atoms with van der Waals surface area (Å²) < 4.78 is 10.5. The summed E-state index contributed by atoms with van der Waals surface area (Å²) in [6.45, 7) is 0.715. The zero-order chi connectivity index (χ0) is 13.9. The van der Waals surface area contributed by atoms with Gasteiger partial charge in [-0.15, -0.1) is 0 Å². The van der Waals surface area contributed by atoms with Crippen LogP contribution in [0.2, 0.25) is 0 Å². The number of aromatic carboxylic acids is 1. The summed E-state index contributed by atoms with van der Waals surface area (Å²) in [7, 11) is 0. The van der Waals surface area contributed by atoms with Crippen LogP contribution in [0, 0.1) is 0 Å². The Balaban J connectivity index is 1.70. The maximum Gasteiger partial charge on any atom is 0.356 e. The first kappa shape index (κ1) is 12.2. The molecule has 0 radical (unpaired) electrons. The molecule has 1 aliphatic heterocycles. The van der Waals surface area contributed by atoms with Crippen molar-refractivity contribution in [1.82, 2.24) is 9.97 Å². The van der Waals surface area contributed by atoms with Gasteiger partial charge in [-0.25, -0.2) is 9.78 Å². The highest BCUT2D eigenvalue weighted by molar-refractivity contribution is 5.85. The Bertz CT molecular complexity index is 660. The zero-order valence-corrected chi connectivity index (χ0v) is 10.4. The number of hydrogen-bond donors (Lipinski definition) is 2. The molecule has 0 aliphatic carbocycles. The molecule has 0 unspecified atom stereocenters. The van der Waals surface area contributed by atoms with Crippen LogP contribution in [0.5, 0.6) is 11.5 Å². The normalized spacial score (nSPS) is 12.2. The van der Waals surface area contributed by atoms with Crippen LogP contribution in [0.3, 0.4) is 0 Å². The van der Waals surface area contributed by atoms with Gasteiger partial charge >= 0.3 is 5.97 Å². The lowest BCUT2D eigenvalue weighted by atomic mass is 10.2. The lowest BCUT2D eigenvalue weighted by Gasteiger charge is -2.06. The average Bonchev–Trinajstić information content (AvgIpc) is 2.93. The third-order valence-electron chi connectivity index (χ3n) is 2.76. The molecule has 7 nitrogen and oxygen atoms in total. The maximum absolute atomic E-state index is 10.8. The number of fused-ring (bicyclic) bond motifs is 1. The van der Waals surface area contributed by atoms with E-state index in [0.717, 1.165) is 11.3 Å². The van der Waals surface area contributed by atoms with E-state index in [1.165, 1.54) is 12.4 Å². The number of hydrogen-bond acceptors (Lipinski definition) is 6. The van der Waals surface area contributed by atoms with Crippen LogP contribution in [0.1, 0.15) is 16.1 Å². The van der Waals surface area contributed by atoms with Crippen molar-refractivity contribution in [3.05, 3.63) is 41.9 Å². The van der Waals surface area contributed by atoms with E-state index in [4.69, 9.17) is 14.6 Å². The monoisotopic (exact) mass is 273 g/mol. The summed E-state index contributed by atoms with van der Waals surface area (Å²) in [6, 6.07) is 5.59. The van der Waals surface area contributed by atoms with Gasteiger partial charge in [-0.05, 0) is 17.7 Å². The molecule has 0 fully saturated rings. The molecule has 0 amide bonds. The Morgan fingerprint density at radius 1 is 1.30 bits per heavy atom. The minimum absolute atomic E-state index is 0.0966. The number of nitrogens with one attached hydrogen (secondary N) is 1. The highest BCUT2D eigenvalue weighted by Gasteiger charge is 2.13. The second-order valence-electron chi connectivity index (χ2n) is 4.14. The van der Waals surface area contributed by atoms with Gasteiger partial charge in [0.15, 0.2) is 17.2 Å². The molecule has 3 rings (SSSR count). The van der Waals surface area contributed by atoms with E-state index in [1.807, 2.05) is 18.2 Å². The lowest BCUT2D eigenvalue weighted by molar-refractivity contribution is 0.0690. The molecular formula is C13H11N3O4. The van der Waals surface area contributed by atoms with E-state index in [-0.39, 0.29) is 12.5 Å². The molecule has 0 bridgehead atoms. The second-order valence-corrected chi connectivity index (χ2v) is 4.14. The van der Waals surface area contributed by atoms with E-state index >= 15 is 0 Å². The minimum atomic E-state index is -1.11. The van der Waals surface area contributed by atoms with E-state index < -0.39 is 5.97 Å². The van der Waals surface area contributed by atoms with Crippen molar-refractivity contribution in [3.63, 3.8) is 0 Å². The molecule has 1 aromatic carbocycles. The average molecular weight is 273 g/mol. The predicted octanol–water partition coefficient (Wildman–Crippen LogP) is 1.52. The van der Waals surface area contributed by atoms with Crippen LogP contribution in [-0.4, -0.2) is 27.8 Å². The fraction of sp³-hybridized carbons (Fsp3) is 0.154. The summed E-state index contributed by atoms with van der Waals surface area (Å²) in [5.74, 6) is 0.725. The number of ether oxygens (including phenoxy) is 2. The third kappa shape index (κ3) is 2.46. The molecule has 0 saturated heterocycles. The molecular weight excluding hydrogens is 262 g/mol. The standard InChI is InChI=1S/C13H11N3O4/c17-13(18)9-5-14-6-12(16-9)15-4-8-1-2-10-11(3-8)20-7-19-10/h1-3,5-6H,4,7H2,(H,15,16)(H,17,18). The van der Waals surface area contributed by atoms with Crippen molar-refractivity contribution in [3.8, 4) is 11.5 Å². The van der Waals surface area contributed by atoms with Crippen molar-refractivity contribution in [2.45, 2.75) is 6.54 Å². The number of nitrogens with zero attached hydrogens (tertiary/aromatic N) is 2. The first-order valence-corrected chi connectivity index (χ1v) is 5.90. The molecule has 20 heavy (non-hydrogen) atoms. The van der Waals surface area contributed by atoms with Crippen molar-refractivity contribution in [2.75, 3.05) is 12.1 Å². The summed E-state index contributed by atoms with van der Waals surface area (Å²) >= 11 is 0. The maximum atomic E-state index is 10.8. The van der Waals surface area contributed by atoms with Gasteiger partial charge in [0.2, 0.25) is 6.79 Å². The van der Waals surface area contributed by atoms with Crippen LogP contribution in [-0.2, 0) is 6.54 Å². The van der Waals surface area contributed by atoms with Gasteiger partial charge in [0.25, 0.3) is 0 Å². The van der Waals surface area contributed by atoms with Crippen LogP contribution in [0.4, 0.5) is 5.82 Å². The molecule has 2 heterocycles. The molecule has 1 aliphatic rings. The predicted molar refractivity (Wildman–Crippen MR) is 68.9 cm³/mol. The topological polar surface area (TPSA) is 93.6 Å². The SMILES string of the molecule is O=C(O)c1cncc(NCc2ccc3c(c2)OCO3)n1. The van der Waals surface area contributed by atoms with Gasteiger partial charge in [0.1, 0.15) is 5.82 Å². The van der Waals surface area contributed by atoms with Gasteiger partial charge in [-0.3, -0.25) is 4.98 Å². The third-order valence-corrected chi connectivity index (χ3v) is 2.76. The molecule has 7 heteroatoms. The Labute approximate surface area is 114 Å². The molecule has 2 aromatic rings.